The predicted octanol–water partition coefficient (Wildman–Crippen LogP) is 19.6. The number of allylic oxidation sites excluding steroid dienone is 18. The first kappa shape index (κ1) is 64.6. The van der Waals surface area contributed by atoms with Crippen LogP contribution in [0.4, 0.5) is 0 Å². The molecule has 0 rings (SSSR count). The molecule has 5 heteroatoms. The maximum atomic E-state index is 12.9. The molecule has 0 aliphatic rings. The van der Waals surface area contributed by atoms with Crippen LogP contribution in [0.1, 0.15) is 252 Å². The summed E-state index contributed by atoms with van der Waals surface area (Å²) in [5, 5.41) is 0. The van der Waals surface area contributed by atoms with Crippen molar-refractivity contribution in [2.75, 3.05) is 19.8 Å². The van der Waals surface area contributed by atoms with Crippen LogP contribution in [0.5, 0.6) is 0 Å². The van der Waals surface area contributed by atoms with Crippen molar-refractivity contribution in [1.82, 2.24) is 0 Å². The normalized spacial score (nSPS) is 13.0. The first-order valence-electron chi connectivity index (χ1n) is 28.4. The third-order valence-electron chi connectivity index (χ3n) is 11.8. The van der Waals surface area contributed by atoms with Gasteiger partial charge in [-0.15, -0.1) is 0 Å². The molecular weight excluding hydrogens is 837 g/mol. The van der Waals surface area contributed by atoms with Gasteiger partial charge in [-0.1, -0.05) is 252 Å². The van der Waals surface area contributed by atoms with Gasteiger partial charge < -0.3 is 14.2 Å². The minimum Gasteiger partial charge on any atom is -0.462 e. The average Bonchev–Trinajstić information content (AvgIpc) is 3.34. The highest BCUT2D eigenvalue weighted by Crippen LogP contribution is 2.15. The Bertz CT molecular complexity index is 1340. The standard InChI is InChI=1S/C63H106O5/c1-4-7-10-13-16-19-22-25-28-30-31-32-34-37-40-43-46-49-52-55-58-66-59-61(68-63(65)57-54-51-48-45-42-39-35-27-24-21-18-15-12-9-6-3)60-67-62(64)56-53-50-47-44-41-38-36-33-29-26-23-20-17-14-11-8-5-2/h7-8,10-11,16-17,19-20,25-26,28-29,31-32,37,40,46,49,61H,4-6,9,12-15,18,21-24,27,30,33-36,38-39,41-45,47-48,50-60H2,1-3H3/b10-7-,11-8-,19-16-,20-17-,28-25-,29-26-,32-31-,40-37-,49-46-. The Morgan fingerprint density at radius 2 is 0.662 bits per heavy atom. The van der Waals surface area contributed by atoms with E-state index in [-0.39, 0.29) is 25.2 Å². The number of hydrogen-bond donors (Lipinski definition) is 0. The minimum absolute atomic E-state index is 0.0532. The molecule has 0 bridgehead atoms. The molecular formula is C63H106O5. The molecule has 0 heterocycles. The number of carbonyl (C=O) groups is 2. The topological polar surface area (TPSA) is 61.8 Å². The van der Waals surface area contributed by atoms with Gasteiger partial charge in [0.15, 0.2) is 6.10 Å². The summed E-state index contributed by atoms with van der Waals surface area (Å²) in [5.41, 5.74) is 0. The second-order valence-electron chi connectivity index (χ2n) is 18.4. The van der Waals surface area contributed by atoms with Crippen molar-refractivity contribution in [3.05, 3.63) is 109 Å². The number of esters is 2. The van der Waals surface area contributed by atoms with Crippen molar-refractivity contribution < 1.29 is 23.8 Å². The first-order chi connectivity index (χ1) is 33.6. The molecule has 0 aromatic carbocycles. The monoisotopic (exact) mass is 943 g/mol. The van der Waals surface area contributed by atoms with E-state index in [1.54, 1.807) is 0 Å². The smallest absolute Gasteiger partial charge is 0.306 e. The lowest BCUT2D eigenvalue weighted by atomic mass is 10.0. The summed E-state index contributed by atoms with van der Waals surface area (Å²) in [4.78, 5) is 25.5. The van der Waals surface area contributed by atoms with Crippen LogP contribution in [0.15, 0.2) is 109 Å². The molecule has 0 fully saturated rings. The number of unbranched alkanes of at least 4 members (excludes halogenated alkanes) is 22. The summed E-state index contributed by atoms with van der Waals surface area (Å²) in [7, 11) is 0. The molecule has 5 nitrogen and oxygen atoms in total. The van der Waals surface area contributed by atoms with Crippen LogP contribution >= 0.6 is 0 Å². The summed E-state index contributed by atoms with van der Waals surface area (Å²) in [5.74, 6) is -0.438. The van der Waals surface area contributed by atoms with Crippen LogP contribution < -0.4 is 0 Å². The molecule has 0 saturated heterocycles. The predicted molar refractivity (Wildman–Crippen MR) is 297 cm³/mol. The molecule has 68 heavy (non-hydrogen) atoms. The summed E-state index contributed by atoms with van der Waals surface area (Å²) in [6.45, 7) is 7.47. The van der Waals surface area contributed by atoms with Crippen LogP contribution in [0.25, 0.3) is 0 Å². The Morgan fingerprint density at radius 1 is 0.338 bits per heavy atom. The van der Waals surface area contributed by atoms with Gasteiger partial charge in [-0.05, 0) is 96.3 Å². The molecule has 1 unspecified atom stereocenters. The van der Waals surface area contributed by atoms with E-state index < -0.39 is 6.10 Å². The largest absolute Gasteiger partial charge is 0.462 e. The van der Waals surface area contributed by atoms with Crippen LogP contribution in [0.2, 0.25) is 0 Å². The zero-order valence-electron chi connectivity index (χ0n) is 44.6. The van der Waals surface area contributed by atoms with Crippen LogP contribution in [-0.4, -0.2) is 37.9 Å². The van der Waals surface area contributed by atoms with E-state index in [1.807, 2.05) is 0 Å². The van der Waals surface area contributed by atoms with Crippen molar-refractivity contribution in [2.24, 2.45) is 0 Å². The SMILES string of the molecule is CC/C=C\C/C=C\C/C=C\C/C=C\C/C=C\C/C=C\CCCOCC(COC(=O)CCCCCCCCC/C=C\C/C=C\C/C=C\CC)OC(=O)CCCCCCCCCCCCCCCCC. The van der Waals surface area contributed by atoms with Crippen molar-refractivity contribution in [3.63, 3.8) is 0 Å². The third-order valence-corrected chi connectivity index (χ3v) is 11.8. The fourth-order valence-corrected chi connectivity index (χ4v) is 7.66. The first-order valence-corrected chi connectivity index (χ1v) is 28.4. The molecule has 0 saturated carbocycles. The van der Waals surface area contributed by atoms with Gasteiger partial charge in [0.1, 0.15) is 6.61 Å². The van der Waals surface area contributed by atoms with Crippen molar-refractivity contribution in [1.29, 1.82) is 0 Å². The quantitative estimate of drug-likeness (QED) is 0.0345. The number of carbonyl (C=O) groups excluding carboxylic acids is 2. The summed E-state index contributed by atoms with van der Waals surface area (Å²) >= 11 is 0. The Morgan fingerprint density at radius 3 is 1.06 bits per heavy atom. The molecule has 0 spiro atoms. The number of hydrogen-bond acceptors (Lipinski definition) is 5. The van der Waals surface area contributed by atoms with Crippen molar-refractivity contribution in [2.45, 2.75) is 258 Å². The van der Waals surface area contributed by atoms with E-state index in [4.69, 9.17) is 14.2 Å². The zero-order chi connectivity index (χ0) is 49.2. The molecule has 0 radical (unpaired) electrons. The van der Waals surface area contributed by atoms with Gasteiger partial charge in [-0.25, -0.2) is 0 Å². The minimum atomic E-state index is -0.576. The van der Waals surface area contributed by atoms with Crippen LogP contribution in [-0.2, 0) is 23.8 Å². The van der Waals surface area contributed by atoms with Gasteiger partial charge in [-0.3, -0.25) is 9.59 Å². The molecule has 0 aliphatic carbocycles. The molecule has 0 amide bonds. The van der Waals surface area contributed by atoms with Crippen LogP contribution in [0.3, 0.4) is 0 Å². The highest BCUT2D eigenvalue weighted by molar-refractivity contribution is 5.70. The number of ether oxygens (including phenoxy) is 3. The maximum Gasteiger partial charge on any atom is 0.306 e. The molecule has 0 aromatic rings. The number of rotatable bonds is 51. The summed E-state index contributed by atoms with van der Waals surface area (Å²) in [6.07, 6.45) is 79.7. The van der Waals surface area contributed by atoms with Crippen LogP contribution in [0, 0.1) is 0 Å². The third kappa shape index (κ3) is 55.2. The fourth-order valence-electron chi connectivity index (χ4n) is 7.66. The highest BCUT2D eigenvalue weighted by atomic mass is 16.6. The van der Waals surface area contributed by atoms with Gasteiger partial charge in [-0.2, -0.15) is 0 Å². The summed E-state index contributed by atoms with van der Waals surface area (Å²) < 4.78 is 17.4. The lowest BCUT2D eigenvalue weighted by Crippen LogP contribution is -2.30. The second kappa shape index (κ2) is 57.9. The molecule has 0 N–H and O–H groups in total. The second-order valence-corrected chi connectivity index (χ2v) is 18.4. The molecule has 388 valence electrons. The Kier molecular flexibility index (Phi) is 54.9. The Balaban J connectivity index is 4.40. The van der Waals surface area contributed by atoms with E-state index in [2.05, 4.69) is 130 Å². The van der Waals surface area contributed by atoms with E-state index in [0.717, 1.165) is 109 Å². The highest BCUT2D eigenvalue weighted by Gasteiger charge is 2.17. The Labute approximate surface area is 421 Å². The van der Waals surface area contributed by atoms with E-state index in [0.29, 0.717) is 19.4 Å². The lowest BCUT2D eigenvalue weighted by molar-refractivity contribution is -0.163. The Hall–Kier alpha value is -3.44. The zero-order valence-corrected chi connectivity index (χ0v) is 44.6. The molecule has 1 atom stereocenters. The van der Waals surface area contributed by atoms with Crippen molar-refractivity contribution >= 4 is 11.9 Å². The van der Waals surface area contributed by atoms with Gasteiger partial charge in [0.2, 0.25) is 0 Å². The lowest BCUT2D eigenvalue weighted by Gasteiger charge is -2.18. The van der Waals surface area contributed by atoms with Crippen molar-refractivity contribution in [3.8, 4) is 0 Å². The molecule has 0 aromatic heterocycles. The van der Waals surface area contributed by atoms with E-state index in [1.165, 1.54) is 109 Å². The van der Waals surface area contributed by atoms with Gasteiger partial charge in [0.05, 0.1) is 6.61 Å². The van der Waals surface area contributed by atoms with E-state index in [9.17, 15) is 9.59 Å². The fraction of sp³-hybridized carbons (Fsp3) is 0.683. The maximum absolute atomic E-state index is 12.9. The average molecular weight is 944 g/mol. The summed E-state index contributed by atoms with van der Waals surface area (Å²) in [6, 6.07) is 0. The van der Waals surface area contributed by atoms with Gasteiger partial charge >= 0.3 is 11.9 Å². The van der Waals surface area contributed by atoms with Gasteiger partial charge in [0.25, 0.3) is 0 Å². The molecule has 0 aliphatic heterocycles. The van der Waals surface area contributed by atoms with Gasteiger partial charge in [0, 0.05) is 19.4 Å². The van der Waals surface area contributed by atoms with E-state index >= 15 is 0 Å².